The SMILES string of the molecule is CC[C@]12CO[C@@H](C1O[P@]1O[C@@H](c3ccccc3)[C@H]3CCCN31)[C@H](n1cc(C)c(=O)[nH]c1=O)O2. The van der Waals surface area contributed by atoms with Crippen molar-refractivity contribution in [1.82, 2.24) is 14.2 Å². The molecule has 0 amide bonds. The number of aromatic nitrogens is 2. The lowest BCUT2D eigenvalue weighted by molar-refractivity contribution is -0.175. The van der Waals surface area contributed by atoms with Gasteiger partial charge in [0.05, 0.1) is 6.61 Å². The fourth-order valence-electron chi connectivity index (χ4n) is 5.50. The van der Waals surface area contributed by atoms with Crippen LogP contribution in [-0.4, -0.2) is 51.2 Å². The minimum Gasteiger partial charge on any atom is -0.368 e. The van der Waals surface area contributed by atoms with Crippen LogP contribution < -0.4 is 11.2 Å². The monoisotopic (exact) mass is 473 g/mol. The number of ether oxygens (including phenoxy) is 2. The molecule has 1 unspecified atom stereocenters. The number of hydrogen-bond acceptors (Lipinski definition) is 7. The van der Waals surface area contributed by atoms with Gasteiger partial charge >= 0.3 is 5.69 Å². The Bertz CT molecular complexity index is 1150. The van der Waals surface area contributed by atoms with Crippen molar-refractivity contribution < 1.29 is 18.5 Å². The van der Waals surface area contributed by atoms with Gasteiger partial charge in [0.25, 0.3) is 14.1 Å². The van der Waals surface area contributed by atoms with Crippen LogP contribution in [0.3, 0.4) is 0 Å². The first kappa shape index (κ1) is 21.6. The van der Waals surface area contributed by atoms with Gasteiger partial charge in [-0.05, 0) is 31.7 Å². The van der Waals surface area contributed by atoms with Gasteiger partial charge in [-0.25, -0.2) is 9.46 Å². The zero-order chi connectivity index (χ0) is 22.7. The first-order valence-electron chi connectivity index (χ1n) is 11.6. The van der Waals surface area contributed by atoms with Crippen LogP contribution in [0, 0.1) is 6.92 Å². The average molecular weight is 473 g/mol. The van der Waals surface area contributed by atoms with Crippen molar-refractivity contribution in [3.8, 4) is 0 Å². The van der Waals surface area contributed by atoms with Crippen LogP contribution in [0.1, 0.15) is 49.6 Å². The summed E-state index contributed by atoms with van der Waals surface area (Å²) in [7, 11) is -1.29. The highest BCUT2D eigenvalue weighted by Crippen LogP contribution is 2.63. The lowest BCUT2D eigenvalue weighted by Crippen LogP contribution is -2.42. The molecule has 4 saturated heterocycles. The van der Waals surface area contributed by atoms with Gasteiger partial charge in [0.1, 0.15) is 23.9 Å². The largest absolute Gasteiger partial charge is 0.368 e. The summed E-state index contributed by atoms with van der Waals surface area (Å²) < 4.78 is 29.6. The van der Waals surface area contributed by atoms with E-state index >= 15 is 0 Å². The van der Waals surface area contributed by atoms with Gasteiger partial charge in [-0.1, -0.05) is 37.3 Å². The van der Waals surface area contributed by atoms with E-state index in [1.807, 2.05) is 25.1 Å². The molecule has 1 aromatic carbocycles. The Morgan fingerprint density at radius 1 is 1.27 bits per heavy atom. The first-order valence-corrected chi connectivity index (χ1v) is 12.7. The number of nitrogens with one attached hydrogen (secondary N) is 1. The van der Waals surface area contributed by atoms with Gasteiger partial charge in [0.15, 0.2) is 6.23 Å². The maximum absolute atomic E-state index is 12.6. The highest BCUT2D eigenvalue weighted by Gasteiger charge is 2.64. The van der Waals surface area contributed by atoms with Crippen LogP contribution in [0.15, 0.2) is 46.1 Å². The molecule has 9 nitrogen and oxygen atoms in total. The molecule has 2 bridgehead atoms. The molecule has 0 spiro atoms. The Labute approximate surface area is 192 Å². The molecule has 2 aromatic rings. The zero-order valence-corrected chi connectivity index (χ0v) is 19.6. The van der Waals surface area contributed by atoms with Crippen LogP contribution in [0.2, 0.25) is 0 Å². The van der Waals surface area contributed by atoms with Gasteiger partial charge in [-0.2, -0.15) is 0 Å². The van der Waals surface area contributed by atoms with Crippen molar-refractivity contribution in [2.24, 2.45) is 0 Å². The predicted molar refractivity (Wildman–Crippen MR) is 121 cm³/mol. The Morgan fingerprint density at radius 2 is 2.09 bits per heavy atom. The number of H-pyrrole nitrogens is 1. The Hall–Kier alpha value is -1.87. The summed E-state index contributed by atoms with van der Waals surface area (Å²) in [6.07, 6.45) is 2.91. The summed E-state index contributed by atoms with van der Waals surface area (Å²) in [6.45, 7) is 5.06. The third-order valence-corrected chi connectivity index (χ3v) is 9.09. The number of hydrogen-bond donors (Lipinski definition) is 1. The van der Waals surface area contributed by atoms with E-state index in [-0.39, 0.29) is 12.2 Å². The van der Waals surface area contributed by atoms with E-state index in [4.69, 9.17) is 18.5 Å². The minimum absolute atomic E-state index is 0.0152. The lowest BCUT2D eigenvalue weighted by atomic mass is 9.96. The lowest BCUT2D eigenvalue weighted by Gasteiger charge is -2.31. The molecule has 4 aliphatic rings. The van der Waals surface area contributed by atoms with Gasteiger partial charge in [0, 0.05) is 24.3 Å². The van der Waals surface area contributed by atoms with Gasteiger partial charge < -0.3 is 18.5 Å². The number of aromatic amines is 1. The van der Waals surface area contributed by atoms with Crippen molar-refractivity contribution in [2.75, 3.05) is 13.2 Å². The van der Waals surface area contributed by atoms with Crippen molar-refractivity contribution in [3.05, 3.63) is 68.5 Å². The van der Waals surface area contributed by atoms with Crippen LogP contribution >= 0.6 is 8.53 Å². The molecule has 10 heteroatoms. The molecule has 0 aliphatic carbocycles. The average Bonchev–Trinajstić information content (AvgIpc) is 3.58. The fourth-order valence-corrected chi connectivity index (χ4v) is 7.54. The third kappa shape index (κ3) is 3.37. The normalized spacial score (nSPS) is 37.6. The van der Waals surface area contributed by atoms with Gasteiger partial charge in [-0.3, -0.25) is 14.3 Å². The standard InChI is InChI=1S/C23H28N3O6P/c1-3-23-13-29-18(21(30-23)25-12-14(2)20(27)24-22(25)28)19(23)32-33-26-11-7-10-16(26)17(31-33)15-8-5-4-6-9-15/h4-6,8-9,12,16-19,21H,3,7,10-11,13H2,1-2H3,(H,24,27,28)/t16-,17+,18+,19?,21-,23+,33+/m1/s1. The van der Waals surface area contributed by atoms with Crippen molar-refractivity contribution in [3.63, 3.8) is 0 Å². The number of rotatable bonds is 5. The van der Waals surface area contributed by atoms with Crippen LogP contribution in [-0.2, 0) is 18.5 Å². The Balaban J connectivity index is 1.29. The van der Waals surface area contributed by atoms with Crippen LogP contribution in [0.5, 0.6) is 0 Å². The van der Waals surface area contributed by atoms with E-state index in [0.717, 1.165) is 19.4 Å². The second-order valence-corrected chi connectivity index (χ2v) is 10.7. The Morgan fingerprint density at radius 3 is 2.88 bits per heavy atom. The van der Waals surface area contributed by atoms with Crippen LogP contribution in [0.4, 0.5) is 0 Å². The number of fused-ring (bicyclic) bond motifs is 3. The highest BCUT2D eigenvalue weighted by atomic mass is 31.2. The molecule has 7 atom stereocenters. The summed E-state index contributed by atoms with van der Waals surface area (Å²) in [5.74, 6) is 0. The second kappa shape index (κ2) is 8.12. The van der Waals surface area contributed by atoms with Crippen molar-refractivity contribution in [2.45, 2.75) is 69.3 Å². The molecule has 4 fully saturated rings. The van der Waals surface area contributed by atoms with Crippen LogP contribution in [0.25, 0.3) is 0 Å². The summed E-state index contributed by atoms with van der Waals surface area (Å²) in [5, 5.41) is 0. The molecule has 1 aromatic heterocycles. The maximum Gasteiger partial charge on any atom is 0.330 e. The molecular weight excluding hydrogens is 445 g/mol. The Kier molecular flexibility index (Phi) is 5.32. The van der Waals surface area contributed by atoms with E-state index in [0.29, 0.717) is 24.6 Å². The summed E-state index contributed by atoms with van der Waals surface area (Å²) in [4.78, 5) is 26.8. The molecule has 33 heavy (non-hydrogen) atoms. The molecule has 6 rings (SSSR count). The minimum atomic E-state index is -1.29. The molecular formula is C23H28N3O6P. The highest BCUT2D eigenvalue weighted by molar-refractivity contribution is 7.45. The molecule has 4 aliphatic heterocycles. The number of nitrogens with zero attached hydrogens (tertiary/aromatic N) is 2. The van der Waals surface area contributed by atoms with Crippen molar-refractivity contribution >= 4 is 8.53 Å². The quantitative estimate of drug-likeness (QED) is 0.668. The van der Waals surface area contributed by atoms with E-state index in [1.54, 1.807) is 6.92 Å². The smallest absolute Gasteiger partial charge is 0.330 e. The molecule has 0 radical (unpaired) electrons. The van der Waals surface area contributed by atoms with E-state index in [1.165, 1.54) is 16.3 Å². The first-order chi connectivity index (χ1) is 16.0. The summed E-state index contributed by atoms with van der Waals surface area (Å²) in [6, 6.07) is 10.6. The molecule has 5 heterocycles. The zero-order valence-electron chi connectivity index (χ0n) is 18.7. The summed E-state index contributed by atoms with van der Waals surface area (Å²) in [5.41, 5.74) is 0.0442. The molecule has 176 valence electrons. The second-order valence-electron chi connectivity index (χ2n) is 9.25. The maximum atomic E-state index is 12.6. The van der Waals surface area contributed by atoms with Gasteiger partial charge in [0.2, 0.25) is 0 Å². The van der Waals surface area contributed by atoms with E-state index in [9.17, 15) is 9.59 Å². The van der Waals surface area contributed by atoms with Crippen molar-refractivity contribution in [1.29, 1.82) is 0 Å². The van der Waals surface area contributed by atoms with E-state index < -0.39 is 37.7 Å². The van der Waals surface area contributed by atoms with E-state index in [2.05, 4.69) is 21.8 Å². The van der Waals surface area contributed by atoms with Gasteiger partial charge in [-0.15, -0.1) is 0 Å². The third-order valence-electron chi connectivity index (χ3n) is 7.36. The number of benzene rings is 1. The molecule has 1 N–H and O–H groups in total. The predicted octanol–water partition coefficient (Wildman–Crippen LogP) is 2.77. The fraction of sp³-hybridized carbons (Fsp3) is 0.565. The summed E-state index contributed by atoms with van der Waals surface area (Å²) >= 11 is 0. The molecule has 0 saturated carbocycles. The number of aryl methyl sites for hydroxylation is 1. The topological polar surface area (TPSA) is 95.0 Å².